The first-order valence-electron chi connectivity index (χ1n) is 11.1. The van der Waals surface area contributed by atoms with Crippen molar-refractivity contribution in [3.63, 3.8) is 0 Å². The number of urea groups is 1. The third kappa shape index (κ3) is 4.61. The van der Waals surface area contributed by atoms with Crippen molar-refractivity contribution in [2.24, 2.45) is 7.05 Å². The number of carbonyl (C=O) groups is 1. The lowest BCUT2D eigenvalue weighted by atomic mass is 10.1. The minimum atomic E-state index is -0.335. The van der Waals surface area contributed by atoms with E-state index in [-0.39, 0.29) is 12.1 Å². The van der Waals surface area contributed by atoms with Crippen LogP contribution in [0, 0.1) is 0 Å². The van der Waals surface area contributed by atoms with Gasteiger partial charge in [-0.1, -0.05) is 0 Å². The fraction of sp³-hybridized carbons (Fsp3) is 0.391. The molecule has 0 spiro atoms. The Morgan fingerprint density at radius 1 is 1.12 bits per heavy atom. The van der Waals surface area contributed by atoms with Gasteiger partial charge in [-0.25, -0.2) is 9.78 Å². The van der Waals surface area contributed by atoms with Gasteiger partial charge in [-0.3, -0.25) is 4.68 Å². The molecular formula is C23H27N7O3. The van der Waals surface area contributed by atoms with Crippen LogP contribution >= 0.6 is 0 Å². The van der Waals surface area contributed by atoms with Gasteiger partial charge in [0.1, 0.15) is 5.82 Å². The highest BCUT2D eigenvalue weighted by atomic mass is 16.5. The minimum absolute atomic E-state index is 0.234. The van der Waals surface area contributed by atoms with Gasteiger partial charge >= 0.3 is 6.03 Å². The summed E-state index contributed by atoms with van der Waals surface area (Å²) >= 11 is 0. The molecule has 2 amide bonds. The molecule has 2 aliphatic heterocycles. The highest BCUT2D eigenvalue weighted by molar-refractivity contribution is 5.99. The average molecular weight is 450 g/mol. The molecule has 2 N–H and O–H groups in total. The van der Waals surface area contributed by atoms with Crippen LogP contribution in [-0.4, -0.2) is 58.2 Å². The number of rotatable bonds is 4. The maximum atomic E-state index is 12.2. The van der Waals surface area contributed by atoms with Gasteiger partial charge in [-0.05, 0) is 44.0 Å². The van der Waals surface area contributed by atoms with Crippen LogP contribution in [0.15, 0.2) is 36.7 Å². The van der Waals surface area contributed by atoms with Crippen LogP contribution in [0.2, 0.25) is 0 Å². The fourth-order valence-electron chi connectivity index (χ4n) is 4.10. The predicted octanol–water partition coefficient (Wildman–Crippen LogP) is 3.07. The summed E-state index contributed by atoms with van der Waals surface area (Å²) in [6, 6.07) is 7.36. The molecule has 0 radical (unpaired) electrons. The number of carbonyl (C=O) groups excluding carboxylic acids is 1. The molecule has 1 atom stereocenters. The lowest BCUT2D eigenvalue weighted by molar-refractivity contribution is 0.0983. The van der Waals surface area contributed by atoms with E-state index in [1.165, 1.54) is 0 Å². The van der Waals surface area contributed by atoms with Gasteiger partial charge in [0.2, 0.25) is 5.88 Å². The van der Waals surface area contributed by atoms with Crippen molar-refractivity contribution >= 4 is 23.2 Å². The van der Waals surface area contributed by atoms with Crippen molar-refractivity contribution in [3.8, 4) is 17.3 Å². The molecule has 172 valence electrons. The molecule has 5 rings (SSSR count). The number of ether oxygens (including phenoxy) is 2. The molecule has 1 fully saturated rings. The normalized spacial score (nSPS) is 17.8. The summed E-state index contributed by atoms with van der Waals surface area (Å²) in [7, 11) is 1.79. The lowest BCUT2D eigenvalue weighted by Crippen LogP contribution is -2.45. The zero-order valence-electron chi connectivity index (χ0n) is 18.7. The number of aromatic nitrogens is 4. The van der Waals surface area contributed by atoms with E-state index in [2.05, 4.69) is 27.6 Å². The molecule has 1 unspecified atom stereocenters. The largest absolute Gasteiger partial charge is 0.477 e. The number of nitrogens with one attached hydrogen (secondary N) is 2. The van der Waals surface area contributed by atoms with Gasteiger partial charge in [-0.2, -0.15) is 10.1 Å². The summed E-state index contributed by atoms with van der Waals surface area (Å²) < 4.78 is 13.1. The Kier molecular flexibility index (Phi) is 5.82. The van der Waals surface area contributed by atoms with Crippen molar-refractivity contribution in [2.45, 2.75) is 25.8 Å². The second-order valence-electron chi connectivity index (χ2n) is 8.28. The Hall–Kier alpha value is -3.66. The van der Waals surface area contributed by atoms with Crippen molar-refractivity contribution < 1.29 is 14.3 Å². The number of benzene rings is 1. The summed E-state index contributed by atoms with van der Waals surface area (Å²) in [4.78, 5) is 24.2. The lowest BCUT2D eigenvalue weighted by Gasteiger charge is -2.36. The Bertz CT molecular complexity index is 1150. The van der Waals surface area contributed by atoms with Crippen molar-refractivity contribution in [1.29, 1.82) is 0 Å². The van der Waals surface area contributed by atoms with Crippen molar-refractivity contribution in [3.05, 3.63) is 42.2 Å². The summed E-state index contributed by atoms with van der Waals surface area (Å²) in [5, 5.41) is 9.61. The van der Waals surface area contributed by atoms with E-state index in [1.807, 2.05) is 24.3 Å². The first kappa shape index (κ1) is 21.2. The van der Waals surface area contributed by atoms with E-state index in [0.717, 1.165) is 36.3 Å². The number of morpholine rings is 1. The fourth-order valence-corrected chi connectivity index (χ4v) is 4.10. The quantitative estimate of drug-likeness (QED) is 0.630. The van der Waals surface area contributed by atoms with Crippen LogP contribution in [-0.2, 0) is 18.2 Å². The van der Waals surface area contributed by atoms with Crippen LogP contribution < -0.4 is 20.3 Å². The van der Waals surface area contributed by atoms with E-state index in [9.17, 15) is 4.79 Å². The Balaban J connectivity index is 1.37. The molecule has 1 saturated heterocycles. The summed E-state index contributed by atoms with van der Waals surface area (Å²) in [6.45, 7) is 4.96. The number of anilines is 3. The highest BCUT2D eigenvalue weighted by Gasteiger charge is 2.28. The zero-order chi connectivity index (χ0) is 22.8. The predicted molar refractivity (Wildman–Crippen MR) is 125 cm³/mol. The Labute approximate surface area is 191 Å². The molecule has 33 heavy (non-hydrogen) atoms. The SMILES string of the molecule is CC1COCCN1c1nc(-c2ccc(NC(=O)Nc3cnn(C)c3)cc2)nc2c1CCCO2. The average Bonchev–Trinajstić information content (AvgIpc) is 3.23. The molecule has 0 saturated carbocycles. The number of aryl methyl sites for hydroxylation is 1. The summed E-state index contributed by atoms with van der Waals surface area (Å²) in [6.07, 6.45) is 5.18. The standard InChI is InChI=1S/C23H27N7O3/c1-15-14-32-11-9-30(15)21-19-4-3-10-33-22(19)28-20(27-21)16-5-7-17(8-6-16)25-23(31)26-18-12-24-29(2)13-18/h5-8,12-13,15H,3-4,9-11,14H2,1-2H3,(H2,25,26,31). The second kappa shape index (κ2) is 9.07. The number of fused-ring (bicyclic) bond motifs is 1. The van der Waals surface area contributed by atoms with E-state index in [0.29, 0.717) is 42.9 Å². The molecule has 10 heteroatoms. The van der Waals surface area contributed by atoms with Crippen LogP contribution in [0.3, 0.4) is 0 Å². The Morgan fingerprint density at radius 2 is 1.94 bits per heavy atom. The van der Waals surface area contributed by atoms with Gasteiger partial charge in [-0.15, -0.1) is 0 Å². The van der Waals surface area contributed by atoms with Crippen LogP contribution in [0.4, 0.5) is 22.0 Å². The highest BCUT2D eigenvalue weighted by Crippen LogP contribution is 2.34. The molecule has 2 aliphatic rings. The number of nitrogens with zero attached hydrogens (tertiary/aromatic N) is 5. The monoisotopic (exact) mass is 449 g/mol. The minimum Gasteiger partial charge on any atom is -0.477 e. The first-order valence-corrected chi connectivity index (χ1v) is 11.1. The zero-order valence-corrected chi connectivity index (χ0v) is 18.7. The van der Waals surface area contributed by atoms with Gasteiger partial charge in [0.25, 0.3) is 0 Å². The number of hydrogen-bond donors (Lipinski definition) is 2. The molecule has 0 bridgehead atoms. The van der Waals surface area contributed by atoms with E-state index < -0.39 is 0 Å². The molecule has 3 aromatic rings. The molecule has 4 heterocycles. The number of amides is 2. The molecule has 1 aromatic carbocycles. The van der Waals surface area contributed by atoms with Gasteiger partial charge in [0.15, 0.2) is 5.82 Å². The Morgan fingerprint density at radius 3 is 2.70 bits per heavy atom. The molecule has 10 nitrogen and oxygen atoms in total. The second-order valence-corrected chi connectivity index (χ2v) is 8.28. The van der Waals surface area contributed by atoms with Crippen LogP contribution in [0.1, 0.15) is 18.9 Å². The topological polar surface area (TPSA) is 106 Å². The van der Waals surface area contributed by atoms with Crippen molar-refractivity contribution in [2.75, 3.05) is 41.9 Å². The van der Waals surface area contributed by atoms with E-state index >= 15 is 0 Å². The first-order chi connectivity index (χ1) is 16.1. The summed E-state index contributed by atoms with van der Waals surface area (Å²) in [5.41, 5.74) is 3.21. The van der Waals surface area contributed by atoms with Crippen molar-refractivity contribution in [1.82, 2.24) is 19.7 Å². The van der Waals surface area contributed by atoms with Crippen LogP contribution in [0.25, 0.3) is 11.4 Å². The summed E-state index contributed by atoms with van der Waals surface area (Å²) in [5.74, 6) is 2.21. The van der Waals surface area contributed by atoms with E-state index in [1.54, 1.807) is 24.1 Å². The maximum Gasteiger partial charge on any atom is 0.323 e. The smallest absolute Gasteiger partial charge is 0.323 e. The molecule has 0 aliphatic carbocycles. The van der Waals surface area contributed by atoms with E-state index in [4.69, 9.17) is 19.4 Å². The van der Waals surface area contributed by atoms with Gasteiger partial charge < -0.3 is 25.0 Å². The molecule has 2 aromatic heterocycles. The van der Waals surface area contributed by atoms with Gasteiger partial charge in [0.05, 0.1) is 43.3 Å². The van der Waals surface area contributed by atoms with Gasteiger partial charge in [0, 0.05) is 31.0 Å². The third-order valence-corrected chi connectivity index (χ3v) is 5.76. The number of hydrogen-bond acceptors (Lipinski definition) is 7. The third-order valence-electron chi connectivity index (χ3n) is 5.76. The molecular weight excluding hydrogens is 422 g/mol. The maximum absolute atomic E-state index is 12.2. The van der Waals surface area contributed by atoms with Crippen LogP contribution in [0.5, 0.6) is 5.88 Å².